The van der Waals surface area contributed by atoms with Crippen molar-refractivity contribution in [1.29, 1.82) is 0 Å². The number of morpholine rings is 1. The molecule has 1 aromatic rings. The smallest absolute Gasteiger partial charge is 0.309 e. The van der Waals surface area contributed by atoms with E-state index in [1.165, 1.54) is 5.69 Å². The molecular weight excluding hydrogens is 318 g/mol. The van der Waals surface area contributed by atoms with Crippen molar-refractivity contribution in [3.8, 4) is 5.75 Å². The highest BCUT2D eigenvalue weighted by molar-refractivity contribution is 5.72. The minimum atomic E-state index is -0.0952. The molecule has 1 saturated heterocycles. The van der Waals surface area contributed by atoms with Crippen LogP contribution in [-0.2, 0) is 14.3 Å². The van der Waals surface area contributed by atoms with E-state index in [2.05, 4.69) is 24.0 Å². The third-order valence-electron chi connectivity index (χ3n) is 4.54. The molecule has 25 heavy (non-hydrogen) atoms. The summed E-state index contributed by atoms with van der Waals surface area (Å²) in [7, 11) is 0. The summed E-state index contributed by atoms with van der Waals surface area (Å²) in [6, 6.07) is 8.04. The molecule has 5 heteroatoms. The summed E-state index contributed by atoms with van der Waals surface area (Å²) in [5.41, 5.74) is 1.18. The Hall–Kier alpha value is -1.75. The van der Waals surface area contributed by atoms with Crippen LogP contribution < -0.4 is 9.64 Å². The van der Waals surface area contributed by atoms with Crippen molar-refractivity contribution in [3.05, 3.63) is 24.3 Å². The molecule has 0 amide bonds. The fourth-order valence-corrected chi connectivity index (χ4v) is 2.93. The summed E-state index contributed by atoms with van der Waals surface area (Å²) in [4.78, 5) is 14.3. The molecule has 1 heterocycles. The molecule has 0 saturated carbocycles. The number of benzene rings is 1. The molecule has 0 bridgehead atoms. The standard InChI is InChI=1S/C20H31NO4/c1-3-5-6-17(4-2)20(22)25-16-15-24-19-9-7-18(8-10-19)21-11-13-23-14-12-21/h7-10,17H,3-6,11-16H2,1-2H3. The van der Waals surface area contributed by atoms with E-state index in [1.807, 2.05) is 19.1 Å². The van der Waals surface area contributed by atoms with Gasteiger partial charge in [-0.05, 0) is 37.1 Å². The van der Waals surface area contributed by atoms with Crippen LogP contribution in [0.1, 0.15) is 39.5 Å². The van der Waals surface area contributed by atoms with Crippen LogP contribution in [0, 0.1) is 5.92 Å². The Labute approximate surface area is 151 Å². The second-order valence-corrected chi connectivity index (χ2v) is 6.36. The first-order chi connectivity index (χ1) is 12.2. The second-order valence-electron chi connectivity index (χ2n) is 6.36. The molecule has 140 valence electrons. The summed E-state index contributed by atoms with van der Waals surface area (Å²) in [6.45, 7) is 8.25. The zero-order valence-electron chi connectivity index (χ0n) is 15.5. The number of hydrogen-bond donors (Lipinski definition) is 0. The molecule has 1 aliphatic heterocycles. The number of esters is 1. The van der Waals surface area contributed by atoms with E-state index in [0.717, 1.165) is 57.7 Å². The van der Waals surface area contributed by atoms with Crippen LogP contribution in [0.2, 0.25) is 0 Å². The lowest BCUT2D eigenvalue weighted by Crippen LogP contribution is -2.36. The van der Waals surface area contributed by atoms with Crippen molar-refractivity contribution >= 4 is 11.7 Å². The topological polar surface area (TPSA) is 48.0 Å². The van der Waals surface area contributed by atoms with Gasteiger partial charge in [-0.3, -0.25) is 4.79 Å². The fourth-order valence-electron chi connectivity index (χ4n) is 2.93. The van der Waals surface area contributed by atoms with E-state index in [4.69, 9.17) is 14.2 Å². The Morgan fingerprint density at radius 3 is 2.52 bits per heavy atom. The second kappa shape index (κ2) is 11.0. The third kappa shape index (κ3) is 6.58. The maximum Gasteiger partial charge on any atom is 0.309 e. The molecule has 1 fully saturated rings. The summed E-state index contributed by atoms with van der Waals surface area (Å²) in [5, 5.41) is 0. The zero-order chi connectivity index (χ0) is 17.9. The molecule has 1 aromatic carbocycles. The van der Waals surface area contributed by atoms with Gasteiger partial charge in [0.05, 0.1) is 19.1 Å². The van der Waals surface area contributed by atoms with Crippen LogP contribution in [0.4, 0.5) is 5.69 Å². The molecule has 2 rings (SSSR count). The first kappa shape index (κ1) is 19.6. The number of anilines is 1. The molecule has 5 nitrogen and oxygen atoms in total. The highest BCUT2D eigenvalue weighted by Gasteiger charge is 2.17. The lowest BCUT2D eigenvalue weighted by Gasteiger charge is -2.28. The molecule has 0 N–H and O–H groups in total. The normalized spacial score (nSPS) is 15.7. The van der Waals surface area contributed by atoms with E-state index in [0.29, 0.717) is 13.2 Å². The van der Waals surface area contributed by atoms with Gasteiger partial charge in [-0.25, -0.2) is 0 Å². The van der Waals surface area contributed by atoms with Gasteiger partial charge in [0.2, 0.25) is 0 Å². The van der Waals surface area contributed by atoms with Crippen LogP contribution in [0.3, 0.4) is 0 Å². The lowest BCUT2D eigenvalue weighted by molar-refractivity contribution is -0.149. The van der Waals surface area contributed by atoms with E-state index in [-0.39, 0.29) is 11.9 Å². The number of unbranched alkanes of at least 4 members (excludes halogenated alkanes) is 1. The van der Waals surface area contributed by atoms with Gasteiger partial charge in [-0.1, -0.05) is 26.7 Å². The van der Waals surface area contributed by atoms with E-state index in [9.17, 15) is 4.79 Å². The monoisotopic (exact) mass is 349 g/mol. The minimum absolute atomic E-state index is 0.0211. The third-order valence-corrected chi connectivity index (χ3v) is 4.54. The van der Waals surface area contributed by atoms with Crippen LogP contribution >= 0.6 is 0 Å². The number of hydrogen-bond acceptors (Lipinski definition) is 5. The molecule has 1 atom stereocenters. The van der Waals surface area contributed by atoms with Gasteiger partial charge in [0.25, 0.3) is 0 Å². The average molecular weight is 349 g/mol. The van der Waals surface area contributed by atoms with Crippen LogP contribution in [0.15, 0.2) is 24.3 Å². The number of ether oxygens (including phenoxy) is 3. The summed E-state index contributed by atoms with van der Waals surface area (Å²) >= 11 is 0. The highest BCUT2D eigenvalue weighted by Crippen LogP contribution is 2.20. The van der Waals surface area contributed by atoms with E-state index in [1.54, 1.807) is 0 Å². The predicted octanol–water partition coefficient (Wildman–Crippen LogP) is 3.66. The summed E-state index contributed by atoms with van der Waals surface area (Å²) in [5.74, 6) is 0.723. The fraction of sp³-hybridized carbons (Fsp3) is 0.650. The SMILES string of the molecule is CCCCC(CC)C(=O)OCCOc1ccc(N2CCOCC2)cc1. The molecule has 1 unspecified atom stereocenters. The van der Waals surface area contributed by atoms with Gasteiger partial charge >= 0.3 is 5.97 Å². The Kier molecular flexibility index (Phi) is 8.60. The van der Waals surface area contributed by atoms with Gasteiger partial charge in [0.1, 0.15) is 19.0 Å². The van der Waals surface area contributed by atoms with Gasteiger partial charge in [-0.15, -0.1) is 0 Å². The van der Waals surface area contributed by atoms with Gasteiger partial charge in [0.15, 0.2) is 0 Å². The van der Waals surface area contributed by atoms with Gasteiger partial charge in [0, 0.05) is 18.8 Å². The number of carbonyl (C=O) groups excluding carboxylic acids is 1. The molecule has 0 radical (unpaired) electrons. The molecule has 0 aliphatic carbocycles. The van der Waals surface area contributed by atoms with Gasteiger partial charge < -0.3 is 19.1 Å². The average Bonchev–Trinajstić information content (AvgIpc) is 2.67. The quantitative estimate of drug-likeness (QED) is 0.476. The minimum Gasteiger partial charge on any atom is -0.490 e. The Bertz CT molecular complexity index is 497. The van der Waals surface area contributed by atoms with E-state index < -0.39 is 0 Å². The van der Waals surface area contributed by atoms with Crippen molar-refractivity contribution in [2.45, 2.75) is 39.5 Å². The van der Waals surface area contributed by atoms with E-state index >= 15 is 0 Å². The number of nitrogens with zero attached hydrogens (tertiary/aromatic N) is 1. The van der Waals surface area contributed by atoms with Crippen molar-refractivity contribution < 1.29 is 19.0 Å². The first-order valence-electron chi connectivity index (χ1n) is 9.46. The molecule has 1 aliphatic rings. The largest absolute Gasteiger partial charge is 0.490 e. The lowest BCUT2D eigenvalue weighted by atomic mass is 10.00. The predicted molar refractivity (Wildman–Crippen MR) is 99.2 cm³/mol. The van der Waals surface area contributed by atoms with Crippen LogP contribution in [0.25, 0.3) is 0 Å². The zero-order valence-corrected chi connectivity index (χ0v) is 15.5. The Morgan fingerprint density at radius 1 is 1.16 bits per heavy atom. The maximum absolute atomic E-state index is 12.0. The number of carbonyl (C=O) groups is 1. The molecule has 0 aromatic heterocycles. The summed E-state index contributed by atoms with van der Waals surface area (Å²) in [6.07, 6.45) is 3.92. The Morgan fingerprint density at radius 2 is 1.88 bits per heavy atom. The summed E-state index contributed by atoms with van der Waals surface area (Å²) < 4.78 is 16.4. The Balaban J connectivity index is 1.68. The van der Waals surface area contributed by atoms with Crippen molar-refractivity contribution in [2.75, 3.05) is 44.4 Å². The van der Waals surface area contributed by atoms with Crippen molar-refractivity contribution in [3.63, 3.8) is 0 Å². The maximum atomic E-state index is 12.0. The van der Waals surface area contributed by atoms with Crippen LogP contribution in [0.5, 0.6) is 5.75 Å². The highest BCUT2D eigenvalue weighted by atomic mass is 16.6. The molecular formula is C20H31NO4. The first-order valence-corrected chi connectivity index (χ1v) is 9.46. The van der Waals surface area contributed by atoms with Crippen molar-refractivity contribution in [2.24, 2.45) is 5.92 Å². The van der Waals surface area contributed by atoms with Crippen molar-refractivity contribution in [1.82, 2.24) is 0 Å². The van der Waals surface area contributed by atoms with Crippen LogP contribution in [-0.4, -0.2) is 45.5 Å². The van der Waals surface area contributed by atoms with Gasteiger partial charge in [-0.2, -0.15) is 0 Å². The molecule has 0 spiro atoms. The number of rotatable bonds is 10.